The summed E-state index contributed by atoms with van der Waals surface area (Å²) in [5, 5.41) is 1.10. The van der Waals surface area contributed by atoms with Crippen molar-refractivity contribution in [1.82, 2.24) is 0 Å². The fourth-order valence-electron chi connectivity index (χ4n) is 1.93. The van der Waals surface area contributed by atoms with E-state index in [0.717, 1.165) is 15.0 Å². The van der Waals surface area contributed by atoms with Crippen LogP contribution in [0.5, 0.6) is 0 Å². The zero-order valence-electron chi connectivity index (χ0n) is 9.59. The summed E-state index contributed by atoms with van der Waals surface area (Å²) in [7, 11) is 0. The zero-order chi connectivity index (χ0) is 12.5. The van der Waals surface area contributed by atoms with E-state index in [9.17, 15) is 4.79 Å². The number of anilines is 1. The number of ketones is 1. The molecule has 0 radical (unpaired) electrons. The number of fused-ring (bicyclic) bond motifs is 1. The maximum absolute atomic E-state index is 12.4. The summed E-state index contributed by atoms with van der Waals surface area (Å²) in [6, 6.07) is 17.1. The van der Waals surface area contributed by atoms with Gasteiger partial charge in [0, 0.05) is 16.0 Å². The minimum Gasteiger partial charge on any atom is -0.398 e. The number of nitrogen functional groups attached to an aromatic ring is 1. The molecule has 0 saturated heterocycles. The average molecular weight is 253 g/mol. The predicted molar refractivity (Wildman–Crippen MR) is 76.1 cm³/mol. The molecule has 0 atom stereocenters. The van der Waals surface area contributed by atoms with Crippen molar-refractivity contribution >= 4 is 32.9 Å². The highest BCUT2D eigenvalue weighted by molar-refractivity contribution is 7.21. The first kappa shape index (κ1) is 11.0. The smallest absolute Gasteiger partial charge is 0.205 e. The van der Waals surface area contributed by atoms with Crippen LogP contribution in [0.25, 0.3) is 10.1 Å². The lowest BCUT2D eigenvalue weighted by molar-refractivity contribution is 0.104. The number of hydrogen-bond acceptors (Lipinski definition) is 3. The summed E-state index contributed by atoms with van der Waals surface area (Å²) >= 11 is 1.50. The van der Waals surface area contributed by atoms with Gasteiger partial charge in [-0.05, 0) is 29.7 Å². The number of hydrogen-bond donors (Lipinski definition) is 1. The van der Waals surface area contributed by atoms with E-state index >= 15 is 0 Å². The monoisotopic (exact) mass is 253 g/mol. The third kappa shape index (κ3) is 1.79. The molecule has 2 N–H and O–H groups in total. The van der Waals surface area contributed by atoms with Gasteiger partial charge in [-0.1, -0.05) is 30.3 Å². The first-order valence-electron chi connectivity index (χ1n) is 5.63. The van der Waals surface area contributed by atoms with Gasteiger partial charge in [0.05, 0.1) is 4.88 Å². The Balaban J connectivity index is 2.10. The molecule has 3 aromatic rings. The SMILES string of the molecule is Nc1ccccc1C(=O)c1cc2ccccc2s1. The second-order valence-electron chi connectivity index (χ2n) is 4.06. The molecule has 0 saturated carbocycles. The number of thiophene rings is 1. The van der Waals surface area contributed by atoms with E-state index in [1.54, 1.807) is 12.1 Å². The molecular formula is C15H11NOS. The Morgan fingerprint density at radius 2 is 1.72 bits per heavy atom. The molecule has 0 aliphatic heterocycles. The van der Waals surface area contributed by atoms with Crippen LogP contribution in [-0.2, 0) is 0 Å². The molecule has 0 fully saturated rings. The molecule has 0 bridgehead atoms. The molecule has 0 spiro atoms. The van der Waals surface area contributed by atoms with Crippen molar-refractivity contribution in [3.63, 3.8) is 0 Å². The van der Waals surface area contributed by atoms with Crippen molar-refractivity contribution in [2.45, 2.75) is 0 Å². The van der Waals surface area contributed by atoms with Gasteiger partial charge in [-0.3, -0.25) is 4.79 Å². The lowest BCUT2D eigenvalue weighted by Crippen LogP contribution is -2.02. The van der Waals surface area contributed by atoms with Crippen molar-refractivity contribution in [3.8, 4) is 0 Å². The molecule has 0 aliphatic rings. The summed E-state index contributed by atoms with van der Waals surface area (Å²) in [6.07, 6.45) is 0. The Bertz CT molecular complexity index is 697. The molecule has 0 unspecified atom stereocenters. The summed E-state index contributed by atoms with van der Waals surface area (Å²) < 4.78 is 1.12. The normalized spacial score (nSPS) is 10.7. The van der Waals surface area contributed by atoms with E-state index in [0.29, 0.717) is 11.3 Å². The largest absolute Gasteiger partial charge is 0.398 e. The standard InChI is InChI=1S/C15H11NOS/c16-12-7-3-2-6-11(12)15(17)14-9-10-5-1-4-8-13(10)18-14/h1-9H,16H2. The molecule has 2 aromatic carbocycles. The van der Waals surface area contributed by atoms with Gasteiger partial charge < -0.3 is 5.73 Å². The molecule has 0 amide bonds. The van der Waals surface area contributed by atoms with Crippen LogP contribution in [-0.4, -0.2) is 5.78 Å². The lowest BCUT2D eigenvalue weighted by Gasteiger charge is -2.01. The predicted octanol–water partition coefficient (Wildman–Crippen LogP) is 3.71. The molecule has 0 aliphatic carbocycles. The van der Waals surface area contributed by atoms with Crippen molar-refractivity contribution in [2.24, 2.45) is 0 Å². The second kappa shape index (κ2) is 4.27. The van der Waals surface area contributed by atoms with Crippen LogP contribution >= 0.6 is 11.3 Å². The Hall–Kier alpha value is -2.13. The molecule has 1 heterocycles. The second-order valence-corrected chi connectivity index (χ2v) is 5.15. The topological polar surface area (TPSA) is 43.1 Å². The number of para-hydroxylation sites is 1. The van der Waals surface area contributed by atoms with Gasteiger partial charge in [-0.2, -0.15) is 0 Å². The molecule has 18 heavy (non-hydrogen) atoms. The third-order valence-electron chi connectivity index (χ3n) is 2.85. The molecule has 1 aromatic heterocycles. The number of rotatable bonds is 2. The van der Waals surface area contributed by atoms with E-state index in [-0.39, 0.29) is 5.78 Å². The lowest BCUT2D eigenvalue weighted by atomic mass is 10.1. The van der Waals surface area contributed by atoms with Crippen molar-refractivity contribution in [3.05, 3.63) is 65.0 Å². The van der Waals surface area contributed by atoms with Crippen LogP contribution < -0.4 is 5.73 Å². The molecule has 3 rings (SSSR count). The maximum Gasteiger partial charge on any atom is 0.205 e. The Morgan fingerprint density at radius 3 is 2.50 bits per heavy atom. The number of benzene rings is 2. The van der Waals surface area contributed by atoms with Gasteiger partial charge in [0.25, 0.3) is 0 Å². The highest BCUT2D eigenvalue weighted by Gasteiger charge is 2.14. The van der Waals surface area contributed by atoms with Crippen LogP contribution in [0.4, 0.5) is 5.69 Å². The average Bonchev–Trinajstić information content (AvgIpc) is 2.82. The van der Waals surface area contributed by atoms with Gasteiger partial charge in [0.1, 0.15) is 0 Å². The van der Waals surface area contributed by atoms with Crippen molar-refractivity contribution in [2.75, 3.05) is 5.73 Å². The van der Waals surface area contributed by atoms with Crippen LogP contribution in [0.15, 0.2) is 54.6 Å². The van der Waals surface area contributed by atoms with Gasteiger partial charge in [-0.15, -0.1) is 11.3 Å². The van der Waals surface area contributed by atoms with Gasteiger partial charge >= 0.3 is 0 Å². The van der Waals surface area contributed by atoms with Gasteiger partial charge in [0.15, 0.2) is 0 Å². The van der Waals surface area contributed by atoms with Crippen LogP contribution in [0.2, 0.25) is 0 Å². The first-order chi connectivity index (χ1) is 8.75. The number of carbonyl (C=O) groups excluding carboxylic acids is 1. The Kier molecular flexibility index (Phi) is 2.61. The quantitative estimate of drug-likeness (QED) is 0.559. The fraction of sp³-hybridized carbons (Fsp3) is 0. The van der Waals surface area contributed by atoms with E-state index in [1.165, 1.54) is 11.3 Å². The van der Waals surface area contributed by atoms with Gasteiger partial charge in [0.2, 0.25) is 5.78 Å². The Labute approximate surface area is 109 Å². The third-order valence-corrected chi connectivity index (χ3v) is 3.97. The first-order valence-corrected chi connectivity index (χ1v) is 6.45. The minimum absolute atomic E-state index is 0.00528. The van der Waals surface area contributed by atoms with Crippen molar-refractivity contribution in [1.29, 1.82) is 0 Å². The highest BCUT2D eigenvalue weighted by Crippen LogP contribution is 2.28. The van der Waals surface area contributed by atoms with Gasteiger partial charge in [-0.25, -0.2) is 0 Å². The highest BCUT2D eigenvalue weighted by atomic mass is 32.1. The molecular weight excluding hydrogens is 242 g/mol. The minimum atomic E-state index is -0.00528. The van der Waals surface area contributed by atoms with E-state index in [1.807, 2.05) is 42.5 Å². The number of carbonyl (C=O) groups is 1. The summed E-state index contributed by atoms with van der Waals surface area (Å²) in [4.78, 5) is 13.1. The van der Waals surface area contributed by atoms with Crippen LogP contribution in [0, 0.1) is 0 Å². The van der Waals surface area contributed by atoms with E-state index < -0.39 is 0 Å². The zero-order valence-corrected chi connectivity index (χ0v) is 10.4. The number of nitrogens with two attached hydrogens (primary N) is 1. The molecule has 3 heteroatoms. The fourth-order valence-corrected chi connectivity index (χ4v) is 2.95. The van der Waals surface area contributed by atoms with Crippen LogP contribution in [0.3, 0.4) is 0 Å². The Morgan fingerprint density at radius 1 is 1.00 bits per heavy atom. The van der Waals surface area contributed by atoms with E-state index in [4.69, 9.17) is 5.73 Å². The molecule has 88 valence electrons. The van der Waals surface area contributed by atoms with Crippen LogP contribution in [0.1, 0.15) is 15.2 Å². The molecule has 2 nitrogen and oxygen atoms in total. The van der Waals surface area contributed by atoms with Crippen molar-refractivity contribution < 1.29 is 4.79 Å². The summed E-state index contributed by atoms with van der Waals surface area (Å²) in [6.45, 7) is 0. The van der Waals surface area contributed by atoms with E-state index in [2.05, 4.69) is 0 Å². The maximum atomic E-state index is 12.4. The summed E-state index contributed by atoms with van der Waals surface area (Å²) in [5.74, 6) is -0.00528. The summed E-state index contributed by atoms with van der Waals surface area (Å²) in [5.41, 5.74) is 6.94.